The number of hydrogen-bond acceptors (Lipinski definition) is 5. The normalized spacial score (nSPS) is 11.6. The first kappa shape index (κ1) is 23.6. The fourth-order valence-electron chi connectivity index (χ4n) is 2.95. The van der Waals surface area contributed by atoms with Gasteiger partial charge in [0, 0.05) is 23.7 Å². The highest BCUT2D eigenvalue weighted by Crippen LogP contribution is 2.21. The Bertz CT molecular complexity index is 1070. The molecule has 1 aromatic heterocycles. The Balaban J connectivity index is 1.61. The molecule has 0 saturated carbocycles. The monoisotopic (exact) mass is 469 g/mol. The smallest absolute Gasteiger partial charge is 0.251 e. The number of benzene rings is 2. The van der Waals surface area contributed by atoms with Crippen molar-refractivity contribution in [2.45, 2.75) is 31.2 Å². The van der Waals surface area contributed by atoms with Gasteiger partial charge in [-0.15, -0.1) is 16.8 Å². The number of hydrogen-bond donors (Lipinski definition) is 2. The fourth-order valence-corrected chi connectivity index (χ4v) is 3.86. The zero-order valence-corrected chi connectivity index (χ0v) is 19.2. The van der Waals surface area contributed by atoms with Crippen molar-refractivity contribution in [2.24, 2.45) is 0 Å². The second-order valence-corrected chi connectivity index (χ2v) is 8.37. The summed E-state index contributed by atoms with van der Waals surface area (Å²) < 4.78 is 1.84. The lowest BCUT2D eigenvalue weighted by atomic mass is 10.2. The van der Waals surface area contributed by atoms with Crippen molar-refractivity contribution in [1.82, 2.24) is 25.4 Å². The van der Waals surface area contributed by atoms with Crippen molar-refractivity contribution in [3.8, 4) is 0 Å². The molecule has 32 heavy (non-hydrogen) atoms. The summed E-state index contributed by atoms with van der Waals surface area (Å²) in [4.78, 5) is 24.8. The molecule has 0 aliphatic heterocycles. The van der Waals surface area contributed by atoms with Crippen LogP contribution in [-0.4, -0.2) is 32.3 Å². The van der Waals surface area contributed by atoms with E-state index in [1.807, 2.05) is 41.8 Å². The number of nitrogens with one attached hydrogen (secondary N) is 2. The van der Waals surface area contributed by atoms with Crippen LogP contribution in [0, 0.1) is 0 Å². The molecule has 2 N–H and O–H groups in total. The highest BCUT2D eigenvalue weighted by molar-refractivity contribution is 7.99. The van der Waals surface area contributed by atoms with Crippen molar-refractivity contribution in [3.05, 3.63) is 89.2 Å². The van der Waals surface area contributed by atoms with Gasteiger partial charge in [-0.05, 0) is 36.8 Å². The first-order valence-corrected chi connectivity index (χ1v) is 11.4. The standard InChI is InChI=1S/C23H24ClN5O2S/c1-3-13-29-21(16(2)26-22(31)18-9-11-19(24)12-10-18)27-28-23(29)32-15-20(30)25-14-17-7-5-4-6-8-17/h3-12,16H,1,13-15H2,2H3,(H,25,30)(H,26,31)/t16-/m0/s1. The third-order valence-corrected chi connectivity index (χ3v) is 5.78. The van der Waals surface area contributed by atoms with Crippen LogP contribution in [0.2, 0.25) is 5.02 Å². The number of carbonyl (C=O) groups is 2. The third kappa shape index (κ3) is 6.45. The Morgan fingerprint density at radius 3 is 2.56 bits per heavy atom. The SMILES string of the molecule is C=CCn1c(SCC(=O)NCc2ccccc2)nnc1[C@H](C)NC(=O)c1ccc(Cl)cc1. The molecular formula is C23H24ClN5O2S. The van der Waals surface area contributed by atoms with E-state index in [0.29, 0.717) is 34.7 Å². The molecule has 0 spiro atoms. The predicted octanol–water partition coefficient (Wildman–Crippen LogP) is 4.02. The van der Waals surface area contributed by atoms with Crippen LogP contribution >= 0.6 is 23.4 Å². The lowest BCUT2D eigenvalue weighted by Gasteiger charge is -2.15. The van der Waals surface area contributed by atoms with Crippen LogP contribution in [0.15, 0.2) is 72.4 Å². The van der Waals surface area contributed by atoms with Crippen molar-refractivity contribution < 1.29 is 9.59 Å². The highest BCUT2D eigenvalue weighted by atomic mass is 35.5. The number of allylic oxidation sites excluding steroid dienone is 1. The molecule has 0 radical (unpaired) electrons. The summed E-state index contributed by atoms with van der Waals surface area (Å²) in [5.74, 6) is 0.446. The maximum absolute atomic E-state index is 12.5. The van der Waals surface area contributed by atoms with Crippen molar-refractivity contribution >= 4 is 35.2 Å². The average molecular weight is 470 g/mol. The third-order valence-electron chi connectivity index (χ3n) is 4.56. The minimum absolute atomic E-state index is 0.0994. The number of amides is 2. The first-order chi connectivity index (χ1) is 15.5. The molecule has 2 aromatic carbocycles. The molecule has 0 saturated heterocycles. The van der Waals surface area contributed by atoms with E-state index in [-0.39, 0.29) is 17.6 Å². The second-order valence-electron chi connectivity index (χ2n) is 6.99. The van der Waals surface area contributed by atoms with Crippen LogP contribution < -0.4 is 10.6 Å². The lowest BCUT2D eigenvalue weighted by Crippen LogP contribution is -2.29. The van der Waals surface area contributed by atoms with E-state index < -0.39 is 6.04 Å². The largest absolute Gasteiger partial charge is 0.351 e. The van der Waals surface area contributed by atoms with Crippen molar-refractivity contribution in [1.29, 1.82) is 0 Å². The highest BCUT2D eigenvalue weighted by Gasteiger charge is 2.20. The molecule has 3 aromatic rings. The summed E-state index contributed by atoms with van der Waals surface area (Å²) in [5, 5.41) is 15.4. The summed E-state index contributed by atoms with van der Waals surface area (Å²) >= 11 is 7.17. The van der Waals surface area contributed by atoms with Crippen LogP contribution in [0.1, 0.15) is 34.7 Å². The lowest BCUT2D eigenvalue weighted by molar-refractivity contribution is -0.118. The molecular weight excluding hydrogens is 446 g/mol. The van der Waals surface area contributed by atoms with Gasteiger partial charge in [-0.2, -0.15) is 0 Å². The number of thioether (sulfide) groups is 1. The molecule has 0 aliphatic rings. The first-order valence-electron chi connectivity index (χ1n) is 10.0. The molecule has 1 atom stereocenters. The minimum atomic E-state index is -0.396. The van der Waals surface area contributed by atoms with Crippen LogP contribution in [0.5, 0.6) is 0 Å². The van der Waals surface area contributed by atoms with Crippen LogP contribution in [0.3, 0.4) is 0 Å². The maximum atomic E-state index is 12.5. The van der Waals surface area contributed by atoms with E-state index >= 15 is 0 Å². The average Bonchev–Trinajstić information content (AvgIpc) is 3.20. The van der Waals surface area contributed by atoms with Gasteiger partial charge in [-0.25, -0.2) is 0 Å². The van der Waals surface area contributed by atoms with E-state index in [0.717, 1.165) is 5.56 Å². The van der Waals surface area contributed by atoms with E-state index in [9.17, 15) is 9.59 Å². The van der Waals surface area contributed by atoms with Gasteiger partial charge in [0.2, 0.25) is 5.91 Å². The number of carbonyl (C=O) groups excluding carboxylic acids is 2. The molecule has 9 heteroatoms. The van der Waals surface area contributed by atoms with Gasteiger partial charge < -0.3 is 15.2 Å². The Morgan fingerprint density at radius 1 is 1.16 bits per heavy atom. The minimum Gasteiger partial charge on any atom is -0.351 e. The van der Waals surface area contributed by atoms with Gasteiger partial charge in [-0.1, -0.05) is 59.8 Å². The Kier molecular flexibility index (Phi) is 8.47. The summed E-state index contributed by atoms with van der Waals surface area (Å²) in [5.41, 5.74) is 1.54. The Hall–Kier alpha value is -3.10. The molecule has 0 unspecified atom stereocenters. The van der Waals surface area contributed by atoms with Gasteiger partial charge in [0.15, 0.2) is 11.0 Å². The molecule has 166 valence electrons. The van der Waals surface area contributed by atoms with Crippen LogP contribution in [0.4, 0.5) is 0 Å². The van der Waals surface area contributed by atoms with Crippen molar-refractivity contribution in [2.75, 3.05) is 5.75 Å². The fraction of sp³-hybridized carbons (Fsp3) is 0.217. The molecule has 0 fully saturated rings. The Morgan fingerprint density at radius 2 is 1.88 bits per heavy atom. The maximum Gasteiger partial charge on any atom is 0.251 e. The zero-order valence-electron chi connectivity index (χ0n) is 17.6. The molecule has 7 nitrogen and oxygen atoms in total. The van der Waals surface area contributed by atoms with E-state index in [2.05, 4.69) is 27.4 Å². The van der Waals surface area contributed by atoms with Gasteiger partial charge in [0.25, 0.3) is 5.91 Å². The Labute approximate surface area is 196 Å². The molecule has 0 bridgehead atoms. The summed E-state index contributed by atoms with van der Waals surface area (Å²) in [6, 6.07) is 16.0. The molecule has 0 aliphatic carbocycles. The van der Waals surface area contributed by atoms with E-state index in [4.69, 9.17) is 11.6 Å². The second kappa shape index (κ2) is 11.5. The van der Waals surface area contributed by atoms with Crippen molar-refractivity contribution in [3.63, 3.8) is 0 Å². The number of nitrogens with zero attached hydrogens (tertiary/aromatic N) is 3. The van der Waals surface area contributed by atoms with Gasteiger partial charge >= 0.3 is 0 Å². The van der Waals surface area contributed by atoms with E-state index in [1.54, 1.807) is 30.3 Å². The van der Waals surface area contributed by atoms with Gasteiger partial charge in [-0.3, -0.25) is 9.59 Å². The molecule has 1 heterocycles. The van der Waals surface area contributed by atoms with Crippen LogP contribution in [-0.2, 0) is 17.9 Å². The summed E-state index contributed by atoms with van der Waals surface area (Å²) in [6.45, 7) is 6.55. The summed E-state index contributed by atoms with van der Waals surface area (Å²) in [7, 11) is 0. The quantitative estimate of drug-likeness (QED) is 0.346. The summed E-state index contributed by atoms with van der Waals surface area (Å²) in [6.07, 6.45) is 1.72. The molecule has 2 amide bonds. The number of halogens is 1. The predicted molar refractivity (Wildman–Crippen MR) is 127 cm³/mol. The van der Waals surface area contributed by atoms with E-state index in [1.165, 1.54) is 11.8 Å². The van der Waals surface area contributed by atoms with Gasteiger partial charge in [0.1, 0.15) is 0 Å². The number of rotatable bonds is 10. The topological polar surface area (TPSA) is 88.9 Å². The van der Waals surface area contributed by atoms with Crippen LogP contribution in [0.25, 0.3) is 0 Å². The molecule has 3 rings (SSSR count). The number of aromatic nitrogens is 3. The van der Waals surface area contributed by atoms with Gasteiger partial charge in [0.05, 0.1) is 11.8 Å². The zero-order chi connectivity index (χ0) is 22.9.